The van der Waals surface area contributed by atoms with E-state index in [1.807, 2.05) is 27.7 Å². The van der Waals surface area contributed by atoms with Crippen molar-refractivity contribution in [2.45, 2.75) is 130 Å². The number of ether oxygens (including phenoxy) is 4. The predicted octanol–water partition coefficient (Wildman–Crippen LogP) is 4.77. The summed E-state index contributed by atoms with van der Waals surface area (Å²) in [6.45, 7) is 17.2. The van der Waals surface area contributed by atoms with Crippen molar-refractivity contribution in [1.29, 1.82) is 0 Å². The van der Waals surface area contributed by atoms with E-state index in [9.17, 15) is 14.7 Å². The van der Waals surface area contributed by atoms with Crippen molar-refractivity contribution in [3.8, 4) is 0 Å². The van der Waals surface area contributed by atoms with E-state index in [1.165, 1.54) is 6.08 Å². The van der Waals surface area contributed by atoms with Gasteiger partial charge in [-0.25, -0.2) is 0 Å². The molecule has 8 heteroatoms. The first-order chi connectivity index (χ1) is 18.0. The van der Waals surface area contributed by atoms with Gasteiger partial charge in [0.25, 0.3) is 0 Å². The Labute approximate surface area is 236 Å². The lowest BCUT2D eigenvalue weighted by molar-refractivity contribution is -0.283. The van der Waals surface area contributed by atoms with Crippen molar-refractivity contribution in [3.05, 3.63) is 11.6 Å². The Bertz CT molecular complexity index is 871. The molecule has 0 aliphatic carbocycles. The first kappa shape index (κ1) is 33.9. The number of rotatable bonds is 5. The molecule has 0 aromatic rings. The fourth-order valence-electron chi connectivity index (χ4n) is 6.66. The molecule has 0 aromatic heterocycles. The Morgan fingerprint density at radius 3 is 2.23 bits per heavy atom. The summed E-state index contributed by atoms with van der Waals surface area (Å²) in [5, 5.41) is 11.2. The molecule has 2 aliphatic rings. The highest BCUT2D eigenvalue weighted by atomic mass is 16.7. The quantitative estimate of drug-likeness (QED) is 0.487. The molecule has 2 heterocycles. The minimum Gasteiger partial charge on any atom is -0.459 e. The summed E-state index contributed by atoms with van der Waals surface area (Å²) in [4.78, 5) is 28.9. The van der Waals surface area contributed by atoms with E-state index < -0.39 is 35.6 Å². The number of ketones is 1. The van der Waals surface area contributed by atoms with Gasteiger partial charge in [-0.3, -0.25) is 9.59 Å². The van der Waals surface area contributed by atoms with Gasteiger partial charge in [0.05, 0.1) is 23.7 Å². The van der Waals surface area contributed by atoms with E-state index in [0.29, 0.717) is 30.9 Å². The molecule has 0 aromatic carbocycles. The molecule has 226 valence electrons. The van der Waals surface area contributed by atoms with E-state index in [4.69, 9.17) is 18.9 Å². The van der Waals surface area contributed by atoms with Crippen LogP contribution in [0.15, 0.2) is 11.6 Å². The monoisotopic (exact) mass is 553 g/mol. The molecule has 11 atom stereocenters. The van der Waals surface area contributed by atoms with E-state index in [0.717, 1.165) is 6.42 Å². The number of cyclic esters (lactones) is 1. The van der Waals surface area contributed by atoms with Gasteiger partial charge in [0.15, 0.2) is 12.1 Å². The molecule has 1 N–H and O–H groups in total. The van der Waals surface area contributed by atoms with Gasteiger partial charge in [-0.2, -0.15) is 0 Å². The van der Waals surface area contributed by atoms with Crippen LogP contribution in [0.25, 0.3) is 0 Å². The third-order valence-electron chi connectivity index (χ3n) is 8.97. The predicted molar refractivity (Wildman–Crippen MR) is 152 cm³/mol. The Hall–Kier alpha value is -1.32. The number of esters is 1. The van der Waals surface area contributed by atoms with Crippen LogP contribution in [0.5, 0.6) is 0 Å². The number of Topliss-reactive ketones (excluding diaryl/α,β-unsaturated/α-hetero) is 1. The van der Waals surface area contributed by atoms with Crippen LogP contribution in [-0.4, -0.2) is 84.8 Å². The normalized spacial score (nSPS) is 44.9. The minimum atomic E-state index is -1.47. The fourth-order valence-corrected chi connectivity index (χ4v) is 6.66. The number of hydrogen-bond donors (Lipinski definition) is 1. The van der Waals surface area contributed by atoms with Crippen molar-refractivity contribution in [2.75, 3.05) is 21.2 Å². The molecule has 2 aliphatic heterocycles. The largest absolute Gasteiger partial charge is 0.459 e. The highest BCUT2D eigenvalue weighted by Gasteiger charge is 2.47. The summed E-state index contributed by atoms with van der Waals surface area (Å²) < 4.78 is 25.2. The zero-order valence-corrected chi connectivity index (χ0v) is 26.4. The molecular formula is C31H55NO7. The average molecular weight is 554 g/mol. The number of aliphatic hydroxyl groups is 1. The minimum absolute atomic E-state index is 0.0298. The third-order valence-corrected chi connectivity index (χ3v) is 8.97. The van der Waals surface area contributed by atoms with Crippen LogP contribution < -0.4 is 0 Å². The van der Waals surface area contributed by atoms with Crippen molar-refractivity contribution in [3.63, 3.8) is 0 Å². The Balaban J connectivity index is 2.54. The number of methoxy groups -OCH3 is 1. The van der Waals surface area contributed by atoms with Crippen LogP contribution in [0.1, 0.15) is 88.0 Å². The molecule has 8 nitrogen and oxygen atoms in total. The van der Waals surface area contributed by atoms with Gasteiger partial charge < -0.3 is 29.0 Å². The standard InChI is InChI=1S/C31H55NO7/c1-13-25-30(8,35)16-20(4)26(33)21(5)17-31(9,36-12)27(18(2)14-19(3)28(34)38-25)39-29-23(7)24(32(10)11)15-22(6)37-29/h16,18-19,21-25,27,29,35H,13-15,17H2,1-12H3/b20-16+/t18-,19+,21+,22+,23+,24-,25+,27+,29-,30-,31+/m0/s1. The van der Waals surface area contributed by atoms with Crippen LogP contribution in [0.4, 0.5) is 0 Å². The highest BCUT2D eigenvalue weighted by molar-refractivity contribution is 5.96. The first-order valence-corrected chi connectivity index (χ1v) is 14.7. The van der Waals surface area contributed by atoms with Gasteiger partial charge in [-0.05, 0) is 85.0 Å². The number of nitrogens with zero attached hydrogens (tertiary/aromatic N) is 1. The molecule has 1 saturated heterocycles. The zero-order chi connectivity index (χ0) is 29.9. The molecule has 0 spiro atoms. The van der Waals surface area contributed by atoms with Crippen LogP contribution in [0.2, 0.25) is 0 Å². The van der Waals surface area contributed by atoms with Gasteiger partial charge in [0.1, 0.15) is 11.7 Å². The summed E-state index contributed by atoms with van der Waals surface area (Å²) in [5.74, 6) is -1.29. The molecule has 1 fully saturated rings. The molecule has 0 amide bonds. The number of carbonyl (C=O) groups excluding carboxylic acids is 2. The lowest BCUT2D eigenvalue weighted by atomic mass is 9.77. The van der Waals surface area contributed by atoms with Gasteiger partial charge in [0, 0.05) is 25.0 Å². The molecule has 39 heavy (non-hydrogen) atoms. The van der Waals surface area contributed by atoms with Crippen molar-refractivity contribution >= 4 is 11.8 Å². The van der Waals surface area contributed by atoms with Crippen LogP contribution in [0, 0.1) is 23.7 Å². The zero-order valence-electron chi connectivity index (χ0n) is 26.4. The summed E-state index contributed by atoms with van der Waals surface area (Å²) in [6, 6.07) is 0.294. The van der Waals surface area contributed by atoms with Crippen LogP contribution >= 0.6 is 0 Å². The smallest absolute Gasteiger partial charge is 0.309 e. The maximum absolute atomic E-state index is 13.5. The van der Waals surface area contributed by atoms with Crippen LogP contribution in [0.3, 0.4) is 0 Å². The number of allylic oxidation sites excluding steroid dienone is 1. The van der Waals surface area contributed by atoms with Gasteiger partial charge >= 0.3 is 5.97 Å². The number of hydrogen-bond acceptors (Lipinski definition) is 8. The summed E-state index contributed by atoms with van der Waals surface area (Å²) >= 11 is 0. The number of carbonyl (C=O) groups is 2. The molecule has 0 saturated carbocycles. The van der Waals surface area contributed by atoms with Crippen molar-refractivity contribution in [1.82, 2.24) is 4.90 Å². The molecule has 0 unspecified atom stereocenters. The molecular weight excluding hydrogens is 498 g/mol. The van der Waals surface area contributed by atoms with Gasteiger partial charge in [-0.15, -0.1) is 0 Å². The SMILES string of the molecule is CC[C@H]1OC(=O)[C@H](C)C[C@H](C)[C@@H](O[C@@H]2O[C@H](C)C[C@H](N(C)C)[C@H]2C)[C@](C)(OC)C[C@@H](C)C(=O)/C(C)=C/[C@]1(C)O. The summed E-state index contributed by atoms with van der Waals surface area (Å²) in [6.07, 6.45) is 2.12. The maximum atomic E-state index is 13.5. The molecule has 2 rings (SSSR count). The van der Waals surface area contributed by atoms with Crippen molar-refractivity contribution < 1.29 is 33.6 Å². The second kappa shape index (κ2) is 13.6. The van der Waals surface area contributed by atoms with Crippen molar-refractivity contribution in [2.24, 2.45) is 23.7 Å². The first-order valence-electron chi connectivity index (χ1n) is 14.7. The van der Waals surface area contributed by atoms with E-state index >= 15 is 0 Å². The molecule has 0 bridgehead atoms. The van der Waals surface area contributed by atoms with Crippen LogP contribution in [-0.2, 0) is 28.5 Å². The average Bonchev–Trinajstić information content (AvgIpc) is 2.85. The topological polar surface area (TPSA) is 94.5 Å². The lowest BCUT2D eigenvalue weighted by Gasteiger charge is -2.47. The Morgan fingerprint density at radius 1 is 1.08 bits per heavy atom. The fraction of sp³-hybridized carbons (Fsp3) is 0.871. The van der Waals surface area contributed by atoms with E-state index in [-0.39, 0.29) is 35.6 Å². The second-order valence-electron chi connectivity index (χ2n) is 13.0. The van der Waals surface area contributed by atoms with Gasteiger partial charge in [-0.1, -0.05) is 34.6 Å². The third kappa shape index (κ3) is 8.13. The van der Waals surface area contributed by atoms with E-state index in [1.54, 1.807) is 21.0 Å². The van der Waals surface area contributed by atoms with Gasteiger partial charge in [0.2, 0.25) is 0 Å². The Morgan fingerprint density at radius 2 is 1.69 bits per heavy atom. The highest BCUT2D eigenvalue weighted by Crippen LogP contribution is 2.39. The Kier molecular flexibility index (Phi) is 11.8. The summed E-state index contributed by atoms with van der Waals surface area (Å²) in [5.41, 5.74) is -1.87. The second-order valence-corrected chi connectivity index (χ2v) is 13.0. The summed E-state index contributed by atoms with van der Waals surface area (Å²) in [7, 11) is 5.81. The maximum Gasteiger partial charge on any atom is 0.309 e. The molecule has 0 radical (unpaired) electrons. The van der Waals surface area contributed by atoms with E-state index in [2.05, 4.69) is 39.8 Å². The lowest BCUT2D eigenvalue weighted by Crippen LogP contribution is -2.55.